The van der Waals surface area contributed by atoms with Crippen LogP contribution in [0.1, 0.15) is 5.69 Å². The van der Waals surface area contributed by atoms with Crippen molar-refractivity contribution < 1.29 is 0 Å². The van der Waals surface area contributed by atoms with E-state index in [0.717, 1.165) is 11.2 Å². The zero-order chi connectivity index (χ0) is 17.0. The quantitative estimate of drug-likeness (QED) is 0.413. The number of benzene rings is 1. The van der Waals surface area contributed by atoms with E-state index in [4.69, 9.17) is 11.6 Å². The van der Waals surface area contributed by atoms with Gasteiger partial charge in [0.05, 0.1) is 33.6 Å². The number of aryl methyl sites for hydroxylation is 1. The molecule has 1 aromatic carbocycles. The van der Waals surface area contributed by atoms with Crippen LogP contribution in [0.15, 0.2) is 50.5 Å². The molecule has 0 radical (unpaired) electrons. The van der Waals surface area contributed by atoms with E-state index in [-0.39, 0.29) is 5.56 Å². The second-order valence-electron chi connectivity index (χ2n) is 5.24. The summed E-state index contributed by atoms with van der Waals surface area (Å²) in [5.41, 5.74) is 3.03. The van der Waals surface area contributed by atoms with Crippen molar-refractivity contribution in [2.75, 3.05) is 0 Å². The van der Waals surface area contributed by atoms with Gasteiger partial charge in [-0.05, 0) is 63.0 Å². The van der Waals surface area contributed by atoms with E-state index in [0.29, 0.717) is 30.9 Å². The van der Waals surface area contributed by atoms with Crippen molar-refractivity contribution in [3.63, 3.8) is 0 Å². The fraction of sp³-hybridized carbons (Fsp3) is 0.0625. The summed E-state index contributed by atoms with van der Waals surface area (Å²) in [4.78, 5) is 21.6. The van der Waals surface area contributed by atoms with Gasteiger partial charge in [0.25, 0.3) is 5.56 Å². The van der Waals surface area contributed by atoms with Gasteiger partial charge in [0, 0.05) is 10.7 Å². The molecule has 0 fully saturated rings. The van der Waals surface area contributed by atoms with Gasteiger partial charge in [0.2, 0.25) is 5.65 Å². The lowest BCUT2D eigenvalue weighted by molar-refractivity contribution is 0.977. The molecule has 0 unspecified atom stereocenters. The maximum absolute atomic E-state index is 13.1. The molecule has 3 heterocycles. The first-order valence-electron chi connectivity index (χ1n) is 6.98. The lowest BCUT2D eigenvalue weighted by Gasteiger charge is -2.14. The topological polar surface area (TPSA) is 52.2 Å². The number of aromatic nitrogens is 4. The molecule has 5 nitrogen and oxygen atoms in total. The molecule has 0 saturated heterocycles. The Hall–Kier alpha value is -1.70. The van der Waals surface area contributed by atoms with Crippen LogP contribution in [0.4, 0.5) is 0 Å². The molecule has 0 bridgehead atoms. The molecule has 120 valence electrons. The standard InChI is InChI=1S/C16H9Br2ClN4O/c1-8-11(3-2-4-20-8)22-12-5-9(17)10(19)6-13(12)23-14(18)7-21-15(23)16(22)24/h2-7H,1H3. The maximum Gasteiger partial charge on any atom is 0.299 e. The molecule has 24 heavy (non-hydrogen) atoms. The Balaban J connectivity index is 2.32. The van der Waals surface area contributed by atoms with Crippen molar-refractivity contribution in [2.45, 2.75) is 6.92 Å². The molecule has 0 aliphatic heterocycles. The molecular formula is C16H9Br2ClN4O. The Morgan fingerprint density at radius 3 is 2.71 bits per heavy atom. The van der Waals surface area contributed by atoms with Crippen molar-refractivity contribution in [1.82, 2.24) is 18.9 Å². The van der Waals surface area contributed by atoms with Gasteiger partial charge < -0.3 is 0 Å². The van der Waals surface area contributed by atoms with Crippen molar-refractivity contribution in [3.8, 4) is 5.69 Å². The predicted octanol–water partition coefficient (Wildman–Crippen LogP) is 4.52. The van der Waals surface area contributed by atoms with Crippen molar-refractivity contribution in [1.29, 1.82) is 0 Å². The smallest absolute Gasteiger partial charge is 0.280 e. The molecular weight excluding hydrogens is 459 g/mol. The normalized spacial score (nSPS) is 11.5. The van der Waals surface area contributed by atoms with Crippen LogP contribution in [0.3, 0.4) is 0 Å². The molecule has 0 aliphatic carbocycles. The number of imidazole rings is 1. The minimum Gasteiger partial charge on any atom is -0.280 e. The molecule has 4 rings (SSSR count). The van der Waals surface area contributed by atoms with Crippen LogP contribution >= 0.6 is 43.5 Å². The van der Waals surface area contributed by atoms with Crippen LogP contribution < -0.4 is 5.56 Å². The Kier molecular flexibility index (Phi) is 3.74. The van der Waals surface area contributed by atoms with Crippen LogP contribution in [0.25, 0.3) is 22.4 Å². The second-order valence-corrected chi connectivity index (χ2v) is 7.32. The third kappa shape index (κ3) is 2.22. The summed E-state index contributed by atoms with van der Waals surface area (Å²) >= 11 is 13.2. The van der Waals surface area contributed by atoms with Gasteiger partial charge in [-0.1, -0.05) is 11.6 Å². The number of fused-ring (bicyclic) bond motifs is 3. The molecule has 0 aliphatic rings. The number of nitrogens with zero attached hydrogens (tertiary/aromatic N) is 4. The van der Waals surface area contributed by atoms with Crippen LogP contribution in [-0.2, 0) is 0 Å². The van der Waals surface area contributed by atoms with Crippen LogP contribution in [0, 0.1) is 6.92 Å². The average molecular weight is 469 g/mol. The summed E-state index contributed by atoms with van der Waals surface area (Å²) in [6, 6.07) is 7.30. The van der Waals surface area contributed by atoms with Gasteiger partial charge in [-0.2, -0.15) is 0 Å². The Morgan fingerprint density at radius 1 is 1.17 bits per heavy atom. The van der Waals surface area contributed by atoms with Crippen LogP contribution in [0.5, 0.6) is 0 Å². The van der Waals surface area contributed by atoms with Gasteiger partial charge in [-0.25, -0.2) is 4.98 Å². The first-order chi connectivity index (χ1) is 11.5. The number of halogens is 3. The zero-order valence-corrected chi connectivity index (χ0v) is 16.2. The third-order valence-electron chi connectivity index (χ3n) is 3.83. The highest BCUT2D eigenvalue weighted by Crippen LogP contribution is 2.30. The Bertz CT molecular complexity index is 1180. The monoisotopic (exact) mass is 466 g/mol. The summed E-state index contributed by atoms with van der Waals surface area (Å²) in [6.07, 6.45) is 3.30. The van der Waals surface area contributed by atoms with E-state index in [1.54, 1.807) is 27.4 Å². The van der Waals surface area contributed by atoms with Crippen LogP contribution in [0.2, 0.25) is 5.02 Å². The summed E-state index contributed by atoms with van der Waals surface area (Å²) in [5, 5.41) is 0.553. The fourth-order valence-electron chi connectivity index (χ4n) is 2.76. The van der Waals surface area contributed by atoms with Gasteiger partial charge in [0.1, 0.15) is 4.60 Å². The van der Waals surface area contributed by atoms with E-state index in [1.165, 1.54) is 0 Å². The molecule has 0 amide bonds. The zero-order valence-electron chi connectivity index (χ0n) is 12.3. The van der Waals surface area contributed by atoms with Gasteiger partial charge >= 0.3 is 0 Å². The second kappa shape index (κ2) is 5.68. The fourth-order valence-corrected chi connectivity index (χ4v) is 3.71. The van der Waals surface area contributed by atoms with Crippen molar-refractivity contribution in [3.05, 3.63) is 66.8 Å². The molecule has 8 heteroatoms. The maximum atomic E-state index is 13.1. The summed E-state index contributed by atoms with van der Waals surface area (Å²) < 4.78 is 4.76. The van der Waals surface area contributed by atoms with E-state index >= 15 is 0 Å². The highest BCUT2D eigenvalue weighted by molar-refractivity contribution is 9.10. The molecule has 0 spiro atoms. The van der Waals surface area contributed by atoms with Crippen molar-refractivity contribution >= 4 is 60.1 Å². The van der Waals surface area contributed by atoms with Crippen molar-refractivity contribution in [2.24, 2.45) is 0 Å². The van der Waals surface area contributed by atoms with E-state index in [2.05, 4.69) is 41.8 Å². The van der Waals surface area contributed by atoms with Gasteiger partial charge in [-0.3, -0.25) is 18.7 Å². The minimum atomic E-state index is -0.224. The molecule has 0 atom stereocenters. The minimum absolute atomic E-state index is 0.224. The molecule has 0 saturated carbocycles. The lowest BCUT2D eigenvalue weighted by atomic mass is 10.2. The lowest BCUT2D eigenvalue weighted by Crippen LogP contribution is -2.23. The first-order valence-corrected chi connectivity index (χ1v) is 8.94. The highest BCUT2D eigenvalue weighted by Gasteiger charge is 2.18. The molecule has 3 aromatic heterocycles. The Labute approximate surface area is 158 Å². The average Bonchev–Trinajstić information content (AvgIpc) is 2.94. The van der Waals surface area contributed by atoms with Gasteiger partial charge in [0.15, 0.2) is 0 Å². The van der Waals surface area contributed by atoms with E-state index in [1.807, 2.05) is 25.1 Å². The third-order valence-corrected chi connectivity index (χ3v) is 5.59. The SMILES string of the molecule is Cc1ncccc1-n1c(=O)c2ncc(Br)n2c2cc(Cl)c(Br)cc21. The van der Waals surface area contributed by atoms with E-state index < -0.39 is 0 Å². The molecule has 4 aromatic rings. The number of hydrogen-bond donors (Lipinski definition) is 0. The predicted molar refractivity (Wildman–Crippen MR) is 101 cm³/mol. The largest absolute Gasteiger partial charge is 0.299 e. The number of rotatable bonds is 1. The summed E-state index contributed by atoms with van der Waals surface area (Å²) in [6.45, 7) is 1.87. The summed E-state index contributed by atoms with van der Waals surface area (Å²) in [7, 11) is 0. The summed E-state index contributed by atoms with van der Waals surface area (Å²) in [5.74, 6) is 0. The Morgan fingerprint density at radius 2 is 1.96 bits per heavy atom. The number of pyridine rings is 1. The first kappa shape index (κ1) is 15.8. The highest BCUT2D eigenvalue weighted by atomic mass is 79.9. The molecule has 0 N–H and O–H groups in total. The van der Waals surface area contributed by atoms with Gasteiger partial charge in [-0.15, -0.1) is 0 Å². The van der Waals surface area contributed by atoms with E-state index in [9.17, 15) is 4.79 Å². The number of hydrogen-bond acceptors (Lipinski definition) is 3. The van der Waals surface area contributed by atoms with Crippen LogP contribution in [-0.4, -0.2) is 18.9 Å².